The molecule has 2 atom stereocenters. The van der Waals surface area contributed by atoms with Gasteiger partial charge in [-0.05, 0) is 24.1 Å². The second-order valence-electron chi connectivity index (χ2n) is 3.79. The van der Waals surface area contributed by atoms with Crippen molar-refractivity contribution in [1.29, 1.82) is 0 Å². The summed E-state index contributed by atoms with van der Waals surface area (Å²) in [5, 5.41) is 37.5. The molecule has 1 aromatic rings. The number of aliphatic hydroxyl groups is 3. The summed E-state index contributed by atoms with van der Waals surface area (Å²) in [6.07, 6.45) is -2.39. The molecule has 0 bridgehead atoms. The molecule has 0 amide bonds. The summed E-state index contributed by atoms with van der Waals surface area (Å²) in [4.78, 5) is 11.3. The average molecular weight is 256 g/mol. The maximum Gasteiger partial charge on any atom is 0.341 e. The Kier molecular flexibility index (Phi) is 5.08. The van der Waals surface area contributed by atoms with E-state index in [1.165, 1.54) is 25.3 Å². The van der Waals surface area contributed by atoms with Crippen molar-refractivity contribution in [3.63, 3.8) is 0 Å². The van der Waals surface area contributed by atoms with E-state index in [9.17, 15) is 20.1 Å². The zero-order valence-corrected chi connectivity index (χ0v) is 9.91. The summed E-state index contributed by atoms with van der Waals surface area (Å²) in [7, 11) is 1.17. The van der Waals surface area contributed by atoms with Gasteiger partial charge in [0.1, 0.15) is 17.4 Å². The van der Waals surface area contributed by atoms with Crippen LogP contribution in [-0.4, -0.2) is 46.2 Å². The third-order valence-corrected chi connectivity index (χ3v) is 2.56. The number of phenols is 1. The summed E-state index contributed by atoms with van der Waals surface area (Å²) in [5.41, 5.74) is 0.166. The van der Waals surface area contributed by atoms with Crippen LogP contribution >= 0.6 is 0 Å². The van der Waals surface area contributed by atoms with Gasteiger partial charge in [0.25, 0.3) is 0 Å². The molecule has 0 heterocycles. The van der Waals surface area contributed by atoms with Crippen molar-refractivity contribution >= 4 is 5.97 Å². The number of benzene rings is 1. The van der Waals surface area contributed by atoms with Crippen LogP contribution in [0.4, 0.5) is 0 Å². The van der Waals surface area contributed by atoms with Crippen molar-refractivity contribution in [3.8, 4) is 5.75 Å². The molecule has 0 aliphatic rings. The van der Waals surface area contributed by atoms with E-state index in [-0.39, 0.29) is 29.9 Å². The Hall–Kier alpha value is -1.63. The lowest BCUT2D eigenvalue weighted by Gasteiger charge is -2.18. The minimum absolute atomic E-state index is 0.00952. The van der Waals surface area contributed by atoms with Crippen molar-refractivity contribution in [2.75, 3.05) is 13.7 Å². The molecular weight excluding hydrogens is 240 g/mol. The number of hydrogen-bond acceptors (Lipinski definition) is 6. The predicted molar refractivity (Wildman–Crippen MR) is 62.1 cm³/mol. The van der Waals surface area contributed by atoms with E-state index in [1.54, 1.807) is 0 Å². The van der Waals surface area contributed by atoms with Gasteiger partial charge in [-0.1, -0.05) is 6.07 Å². The van der Waals surface area contributed by atoms with Crippen LogP contribution in [-0.2, 0) is 4.74 Å². The fourth-order valence-electron chi connectivity index (χ4n) is 1.52. The number of hydrogen-bond donors (Lipinski definition) is 4. The quantitative estimate of drug-likeness (QED) is 0.550. The molecular formula is C12H16O6. The molecule has 6 heteroatoms. The van der Waals surface area contributed by atoms with E-state index in [0.29, 0.717) is 0 Å². The van der Waals surface area contributed by atoms with Gasteiger partial charge in [0.05, 0.1) is 13.2 Å². The number of aliphatic hydroxyl groups excluding tert-OH is 3. The lowest BCUT2D eigenvalue weighted by Crippen LogP contribution is -2.19. The zero-order valence-electron chi connectivity index (χ0n) is 9.91. The van der Waals surface area contributed by atoms with Gasteiger partial charge in [-0.2, -0.15) is 0 Å². The van der Waals surface area contributed by atoms with Crippen LogP contribution in [0, 0.1) is 0 Å². The van der Waals surface area contributed by atoms with Gasteiger partial charge >= 0.3 is 5.97 Å². The third-order valence-electron chi connectivity index (χ3n) is 2.56. The fraction of sp³-hybridized carbons (Fsp3) is 0.417. The molecule has 100 valence electrons. The molecule has 0 radical (unpaired) electrons. The molecule has 0 aromatic heterocycles. The molecule has 0 fully saturated rings. The van der Waals surface area contributed by atoms with Crippen molar-refractivity contribution in [2.45, 2.75) is 18.6 Å². The number of carbonyl (C=O) groups is 1. The first kappa shape index (κ1) is 14.4. The Morgan fingerprint density at radius 2 is 2.06 bits per heavy atom. The first-order chi connectivity index (χ1) is 8.51. The van der Waals surface area contributed by atoms with E-state index < -0.39 is 18.2 Å². The Balaban J connectivity index is 3.00. The smallest absolute Gasteiger partial charge is 0.341 e. The maximum absolute atomic E-state index is 11.3. The van der Waals surface area contributed by atoms with E-state index in [2.05, 4.69) is 4.74 Å². The molecule has 0 aliphatic heterocycles. The van der Waals surface area contributed by atoms with E-state index in [1.807, 2.05) is 0 Å². The van der Waals surface area contributed by atoms with Crippen molar-refractivity contribution in [1.82, 2.24) is 0 Å². The first-order valence-corrected chi connectivity index (χ1v) is 5.39. The van der Waals surface area contributed by atoms with Gasteiger partial charge < -0.3 is 25.2 Å². The minimum Gasteiger partial charge on any atom is -0.507 e. The van der Waals surface area contributed by atoms with Crippen LogP contribution < -0.4 is 0 Å². The number of methoxy groups -OCH3 is 1. The van der Waals surface area contributed by atoms with Gasteiger partial charge in [0.15, 0.2) is 0 Å². The Morgan fingerprint density at radius 3 is 2.61 bits per heavy atom. The van der Waals surface area contributed by atoms with Crippen LogP contribution in [0.1, 0.15) is 28.4 Å². The highest BCUT2D eigenvalue weighted by Crippen LogP contribution is 2.25. The monoisotopic (exact) mass is 256 g/mol. The maximum atomic E-state index is 11.3. The summed E-state index contributed by atoms with van der Waals surface area (Å²) in [6.45, 7) is -0.264. The third kappa shape index (κ3) is 3.19. The number of ether oxygens (including phenoxy) is 1. The fourth-order valence-corrected chi connectivity index (χ4v) is 1.52. The molecule has 6 nitrogen and oxygen atoms in total. The summed E-state index contributed by atoms with van der Waals surface area (Å²) < 4.78 is 4.48. The molecule has 0 saturated heterocycles. The standard InChI is InChI=1S/C12H16O6/c1-18-12(17)8-6-7(2-3-9(8)14)11(16)10(15)4-5-13/h2-3,6,10-11,13-16H,4-5H2,1H3. The normalized spacial score (nSPS) is 14.0. The number of esters is 1. The van der Waals surface area contributed by atoms with Gasteiger partial charge in [-0.25, -0.2) is 4.79 Å². The highest BCUT2D eigenvalue weighted by atomic mass is 16.5. The Morgan fingerprint density at radius 1 is 1.39 bits per heavy atom. The van der Waals surface area contributed by atoms with Crippen LogP contribution in [0.2, 0.25) is 0 Å². The largest absolute Gasteiger partial charge is 0.507 e. The minimum atomic E-state index is -1.25. The molecule has 18 heavy (non-hydrogen) atoms. The van der Waals surface area contributed by atoms with E-state index in [4.69, 9.17) is 5.11 Å². The summed E-state index contributed by atoms with van der Waals surface area (Å²) in [6, 6.07) is 3.86. The Bertz CT molecular complexity index is 417. The molecule has 0 aliphatic carbocycles. The van der Waals surface area contributed by atoms with Crippen molar-refractivity contribution < 1.29 is 30.0 Å². The summed E-state index contributed by atoms with van der Waals surface area (Å²) >= 11 is 0. The average Bonchev–Trinajstić information content (AvgIpc) is 2.38. The topological polar surface area (TPSA) is 107 Å². The Labute approximate surface area is 104 Å². The first-order valence-electron chi connectivity index (χ1n) is 5.39. The SMILES string of the molecule is COC(=O)c1cc(C(O)C(O)CCO)ccc1O. The van der Waals surface area contributed by atoms with Crippen molar-refractivity contribution in [3.05, 3.63) is 29.3 Å². The van der Waals surface area contributed by atoms with Crippen molar-refractivity contribution in [2.24, 2.45) is 0 Å². The number of rotatable bonds is 5. The molecule has 0 saturated carbocycles. The van der Waals surface area contributed by atoms with Gasteiger partial charge in [0, 0.05) is 6.61 Å². The van der Waals surface area contributed by atoms with Gasteiger partial charge in [-0.15, -0.1) is 0 Å². The number of carbonyl (C=O) groups excluding carboxylic acids is 1. The molecule has 4 N–H and O–H groups in total. The molecule has 2 unspecified atom stereocenters. The molecule has 1 rings (SSSR count). The lowest BCUT2D eigenvalue weighted by atomic mass is 10.00. The zero-order chi connectivity index (χ0) is 13.7. The van der Waals surface area contributed by atoms with Crippen LogP contribution in [0.3, 0.4) is 0 Å². The number of phenolic OH excluding ortho intramolecular Hbond substituents is 1. The second kappa shape index (κ2) is 6.34. The van der Waals surface area contributed by atoms with Gasteiger partial charge in [-0.3, -0.25) is 0 Å². The van der Waals surface area contributed by atoms with E-state index in [0.717, 1.165) is 0 Å². The predicted octanol–water partition coefficient (Wildman–Crippen LogP) is -0.0445. The van der Waals surface area contributed by atoms with E-state index >= 15 is 0 Å². The van der Waals surface area contributed by atoms with Crippen LogP contribution in [0.5, 0.6) is 5.75 Å². The highest BCUT2D eigenvalue weighted by Gasteiger charge is 2.21. The lowest BCUT2D eigenvalue weighted by molar-refractivity contribution is 0.00411. The highest BCUT2D eigenvalue weighted by molar-refractivity contribution is 5.92. The number of aromatic hydroxyl groups is 1. The second-order valence-corrected chi connectivity index (χ2v) is 3.79. The molecule has 0 spiro atoms. The molecule has 1 aromatic carbocycles. The summed E-state index contributed by atoms with van der Waals surface area (Å²) in [5.74, 6) is -1.01. The van der Waals surface area contributed by atoms with Crippen LogP contribution in [0.25, 0.3) is 0 Å². The van der Waals surface area contributed by atoms with Gasteiger partial charge in [0.2, 0.25) is 0 Å². The van der Waals surface area contributed by atoms with Crippen LogP contribution in [0.15, 0.2) is 18.2 Å².